The number of benzene rings is 1. The molecular formula is C23H30Cl2N4. The van der Waals surface area contributed by atoms with E-state index in [4.69, 9.17) is 4.98 Å². The number of aryl methyl sites for hydroxylation is 1. The normalized spacial score (nSPS) is 23.3. The minimum absolute atomic E-state index is 0. The van der Waals surface area contributed by atoms with Crippen LogP contribution in [0.2, 0.25) is 0 Å². The first kappa shape index (κ1) is 23.5. The van der Waals surface area contributed by atoms with Crippen molar-refractivity contribution in [2.45, 2.75) is 32.7 Å². The van der Waals surface area contributed by atoms with E-state index in [0.29, 0.717) is 29.4 Å². The van der Waals surface area contributed by atoms with E-state index in [-0.39, 0.29) is 24.8 Å². The Kier molecular flexibility index (Phi) is 7.56. The van der Waals surface area contributed by atoms with Crippen LogP contribution in [0.4, 0.5) is 5.82 Å². The van der Waals surface area contributed by atoms with Gasteiger partial charge in [0, 0.05) is 37.3 Å². The molecule has 2 saturated heterocycles. The molecule has 0 bridgehead atoms. The molecule has 2 aliphatic rings. The van der Waals surface area contributed by atoms with E-state index in [0.717, 1.165) is 31.1 Å². The molecule has 0 unspecified atom stereocenters. The van der Waals surface area contributed by atoms with Crippen LogP contribution in [0.25, 0.3) is 0 Å². The molecule has 1 aromatic carbocycles. The van der Waals surface area contributed by atoms with Crippen LogP contribution < -0.4 is 4.90 Å². The molecule has 29 heavy (non-hydrogen) atoms. The zero-order valence-corrected chi connectivity index (χ0v) is 19.1. The fraction of sp³-hybridized carbons (Fsp3) is 0.478. The second-order valence-electron chi connectivity index (χ2n) is 8.44. The Morgan fingerprint density at radius 3 is 2.45 bits per heavy atom. The van der Waals surface area contributed by atoms with Gasteiger partial charge in [0.15, 0.2) is 0 Å². The van der Waals surface area contributed by atoms with Crippen molar-refractivity contribution in [3.63, 3.8) is 0 Å². The van der Waals surface area contributed by atoms with Gasteiger partial charge in [-0.25, -0.2) is 4.98 Å². The Labute approximate surface area is 186 Å². The molecule has 2 aromatic rings. The lowest BCUT2D eigenvalue weighted by Gasteiger charge is -2.28. The molecule has 0 radical (unpaired) electrons. The molecule has 0 spiro atoms. The summed E-state index contributed by atoms with van der Waals surface area (Å²) in [7, 11) is 2.25. The maximum absolute atomic E-state index is 9.59. The second kappa shape index (κ2) is 9.34. The monoisotopic (exact) mass is 432 g/mol. The van der Waals surface area contributed by atoms with Gasteiger partial charge in [-0.1, -0.05) is 38.1 Å². The number of pyridine rings is 1. The third-order valence-corrected chi connectivity index (χ3v) is 6.31. The standard InChI is InChI=1S/C23H28N4.2ClH/c1-15(2)21-10-9-17(11-24)23(25-21)27-13-18-12-26(4)22(20(18)14-27)19-8-6-5-7-16(19)3;;/h5-10,15,18,20,22H,12-14H2,1-4H3;2*1H/t18-,20+,22+;;/m0../s1. The zero-order valence-electron chi connectivity index (χ0n) is 17.5. The molecule has 0 saturated carbocycles. The highest BCUT2D eigenvalue weighted by Gasteiger charge is 2.47. The number of rotatable bonds is 3. The molecule has 6 heteroatoms. The zero-order chi connectivity index (χ0) is 19.1. The summed E-state index contributed by atoms with van der Waals surface area (Å²) in [4.78, 5) is 9.75. The van der Waals surface area contributed by atoms with Crippen LogP contribution in [0.1, 0.15) is 48.2 Å². The highest BCUT2D eigenvalue weighted by molar-refractivity contribution is 5.85. The molecule has 2 fully saturated rings. The fourth-order valence-electron chi connectivity index (χ4n) is 4.93. The van der Waals surface area contributed by atoms with Gasteiger partial charge in [0.05, 0.1) is 5.56 Å². The van der Waals surface area contributed by atoms with Crippen molar-refractivity contribution in [3.8, 4) is 6.07 Å². The predicted octanol–water partition coefficient (Wildman–Crippen LogP) is 4.97. The van der Waals surface area contributed by atoms with Crippen molar-refractivity contribution >= 4 is 30.6 Å². The van der Waals surface area contributed by atoms with Gasteiger partial charge in [-0.05, 0) is 49.1 Å². The molecule has 2 aliphatic heterocycles. The van der Waals surface area contributed by atoms with Crippen LogP contribution in [-0.4, -0.2) is 36.6 Å². The summed E-state index contributed by atoms with van der Waals surface area (Å²) in [5.41, 5.74) is 4.57. The third-order valence-electron chi connectivity index (χ3n) is 6.31. The highest BCUT2D eigenvalue weighted by Crippen LogP contribution is 2.46. The van der Waals surface area contributed by atoms with Crippen molar-refractivity contribution in [2.24, 2.45) is 11.8 Å². The van der Waals surface area contributed by atoms with E-state index < -0.39 is 0 Å². The summed E-state index contributed by atoms with van der Waals surface area (Å²) in [6, 6.07) is 15.5. The summed E-state index contributed by atoms with van der Waals surface area (Å²) in [6.45, 7) is 9.58. The Morgan fingerprint density at radius 2 is 1.79 bits per heavy atom. The van der Waals surface area contributed by atoms with Gasteiger partial charge in [0.1, 0.15) is 11.9 Å². The number of hydrogen-bond acceptors (Lipinski definition) is 4. The van der Waals surface area contributed by atoms with E-state index in [1.54, 1.807) is 0 Å². The highest BCUT2D eigenvalue weighted by atomic mass is 35.5. The Morgan fingerprint density at radius 1 is 1.07 bits per heavy atom. The number of hydrogen-bond donors (Lipinski definition) is 0. The predicted molar refractivity (Wildman–Crippen MR) is 123 cm³/mol. The van der Waals surface area contributed by atoms with Crippen LogP contribution in [0.5, 0.6) is 0 Å². The van der Waals surface area contributed by atoms with Crippen LogP contribution in [0.15, 0.2) is 36.4 Å². The number of aromatic nitrogens is 1. The van der Waals surface area contributed by atoms with Gasteiger partial charge in [0.2, 0.25) is 0 Å². The van der Waals surface area contributed by atoms with E-state index in [9.17, 15) is 5.26 Å². The van der Waals surface area contributed by atoms with Gasteiger partial charge in [0.25, 0.3) is 0 Å². The summed E-state index contributed by atoms with van der Waals surface area (Å²) in [5, 5.41) is 9.59. The molecular weight excluding hydrogens is 403 g/mol. The maximum atomic E-state index is 9.59. The van der Waals surface area contributed by atoms with E-state index >= 15 is 0 Å². The van der Waals surface area contributed by atoms with Gasteiger partial charge in [-0.2, -0.15) is 5.26 Å². The average Bonchev–Trinajstić information content (AvgIpc) is 3.18. The lowest BCUT2D eigenvalue weighted by atomic mass is 9.88. The summed E-state index contributed by atoms with van der Waals surface area (Å²) >= 11 is 0. The van der Waals surface area contributed by atoms with Crippen molar-refractivity contribution in [2.75, 3.05) is 31.6 Å². The van der Waals surface area contributed by atoms with Crippen LogP contribution in [-0.2, 0) is 0 Å². The quantitative estimate of drug-likeness (QED) is 0.686. The van der Waals surface area contributed by atoms with Crippen LogP contribution in [0.3, 0.4) is 0 Å². The molecule has 0 N–H and O–H groups in total. The van der Waals surface area contributed by atoms with Gasteiger partial charge in [-0.15, -0.1) is 24.8 Å². The Bertz CT molecular complexity index is 893. The number of likely N-dealkylation sites (tertiary alicyclic amines) is 1. The van der Waals surface area contributed by atoms with Crippen molar-refractivity contribution < 1.29 is 0 Å². The summed E-state index contributed by atoms with van der Waals surface area (Å²) < 4.78 is 0. The minimum Gasteiger partial charge on any atom is -0.355 e. The van der Waals surface area contributed by atoms with E-state index in [1.807, 2.05) is 12.1 Å². The topological polar surface area (TPSA) is 43.2 Å². The molecule has 1 aromatic heterocycles. The molecule has 4 rings (SSSR count). The van der Waals surface area contributed by atoms with E-state index in [2.05, 4.69) is 68.0 Å². The SMILES string of the molecule is Cc1ccccc1[C@@H]1[C@@H]2CN(c3nc(C(C)C)ccc3C#N)C[C@@H]2CN1C.Cl.Cl. The first-order chi connectivity index (χ1) is 13.0. The maximum Gasteiger partial charge on any atom is 0.146 e. The molecule has 0 aliphatic carbocycles. The smallest absolute Gasteiger partial charge is 0.146 e. The van der Waals surface area contributed by atoms with Crippen LogP contribution >= 0.6 is 24.8 Å². The number of halogens is 2. The van der Waals surface area contributed by atoms with Crippen molar-refractivity contribution in [1.29, 1.82) is 5.26 Å². The lowest BCUT2D eigenvalue weighted by Crippen LogP contribution is -2.30. The second-order valence-corrected chi connectivity index (χ2v) is 8.44. The first-order valence-electron chi connectivity index (χ1n) is 9.91. The Hall–Kier alpha value is -1.80. The number of nitriles is 1. The van der Waals surface area contributed by atoms with Crippen molar-refractivity contribution in [1.82, 2.24) is 9.88 Å². The fourth-order valence-corrected chi connectivity index (χ4v) is 4.93. The lowest BCUT2D eigenvalue weighted by molar-refractivity contribution is 0.279. The van der Waals surface area contributed by atoms with Gasteiger partial charge < -0.3 is 4.90 Å². The third kappa shape index (κ3) is 4.23. The van der Waals surface area contributed by atoms with Crippen LogP contribution in [0, 0.1) is 30.1 Å². The molecule has 3 heterocycles. The number of anilines is 1. The average molecular weight is 433 g/mol. The molecule has 4 nitrogen and oxygen atoms in total. The molecule has 156 valence electrons. The van der Waals surface area contributed by atoms with E-state index in [1.165, 1.54) is 11.1 Å². The summed E-state index contributed by atoms with van der Waals surface area (Å²) in [6.07, 6.45) is 0. The largest absolute Gasteiger partial charge is 0.355 e. The summed E-state index contributed by atoms with van der Waals surface area (Å²) in [5.74, 6) is 2.44. The van der Waals surface area contributed by atoms with Gasteiger partial charge >= 0.3 is 0 Å². The van der Waals surface area contributed by atoms with Gasteiger partial charge in [-0.3, -0.25) is 4.90 Å². The minimum atomic E-state index is 0. The van der Waals surface area contributed by atoms with Crippen molar-refractivity contribution in [3.05, 3.63) is 58.8 Å². The molecule has 0 amide bonds. The number of fused-ring (bicyclic) bond motifs is 1. The number of nitrogens with zero attached hydrogens (tertiary/aromatic N) is 4. The first-order valence-corrected chi connectivity index (χ1v) is 9.91. The molecule has 3 atom stereocenters. The Balaban J connectivity index is 0.00000150.